The van der Waals surface area contributed by atoms with E-state index in [1.807, 2.05) is 32.0 Å². The predicted octanol–water partition coefficient (Wildman–Crippen LogP) is 3.21. The first-order chi connectivity index (χ1) is 9.96. The first kappa shape index (κ1) is 15.5. The molecule has 1 aliphatic rings. The number of carboxylic acids is 1. The maximum atomic E-state index is 12.6. The molecule has 0 aromatic heterocycles. The molecule has 4 nitrogen and oxygen atoms in total. The van der Waals surface area contributed by atoms with Gasteiger partial charge in [-0.3, -0.25) is 4.79 Å². The summed E-state index contributed by atoms with van der Waals surface area (Å²) in [7, 11) is 0. The van der Waals surface area contributed by atoms with Crippen molar-refractivity contribution in [3.05, 3.63) is 34.9 Å². The molecule has 1 saturated carbocycles. The molecule has 0 radical (unpaired) electrons. The van der Waals surface area contributed by atoms with Crippen LogP contribution in [0.25, 0.3) is 0 Å². The molecule has 1 amide bonds. The highest BCUT2D eigenvalue weighted by Crippen LogP contribution is 2.28. The Labute approximate surface area is 125 Å². The van der Waals surface area contributed by atoms with Crippen LogP contribution < -0.4 is 5.32 Å². The minimum absolute atomic E-state index is 0.269. The molecule has 0 unspecified atom stereocenters. The van der Waals surface area contributed by atoms with Crippen molar-refractivity contribution in [1.29, 1.82) is 0 Å². The van der Waals surface area contributed by atoms with Crippen LogP contribution in [-0.2, 0) is 4.79 Å². The molecule has 1 aliphatic carbocycles. The minimum atomic E-state index is -1.11. The average molecular weight is 289 g/mol. The van der Waals surface area contributed by atoms with E-state index in [9.17, 15) is 14.7 Å². The highest BCUT2D eigenvalue weighted by Gasteiger charge is 2.40. The van der Waals surface area contributed by atoms with Crippen molar-refractivity contribution >= 4 is 11.9 Å². The second-order valence-electron chi connectivity index (χ2n) is 6.02. The topological polar surface area (TPSA) is 66.4 Å². The van der Waals surface area contributed by atoms with E-state index in [2.05, 4.69) is 5.32 Å². The minimum Gasteiger partial charge on any atom is -0.480 e. The second-order valence-corrected chi connectivity index (χ2v) is 6.02. The van der Waals surface area contributed by atoms with Crippen LogP contribution in [0.1, 0.15) is 60.0 Å². The number of hydrogen-bond donors (Lipinski definition) is 2. The highest BCUT2D eigenvalue weighted by molar-refractivity contribution is 6.00. The fourth-order valence-corrected chi connectivity index (χ4v) is 3.18. The predicted molar refractivity (Wildman–Crippen MR) is 81.5 cm³/mol. The lowest BCUT2D eigenvalue weighted by molar-refractivity contribution is -0.145. The highest BCUT2D eigenvalue weighted by atomic mass is 16.4. The number of carboxylic acid groups (broad SMARTS) is 1. The van der Waals surface area contributed by atoms with Gasteiger partial charge in [-0.1, -0.05) is 43.9 Å². The Bertz CT molecular complexity index is 523. The van der Waals surface area contributed by atoms with Gasteiger partial charge in [0.15, 0.2) is 0 Å². The zero-order valence-corrected chi connectivity index (χ0v) is 12.7. The molecule has 0 atom stereocenters. The van der Waals surface area contributed by atoms with Gasteiger partial charge < -0.3 is 10.4 Å². The van der Waals surface area contributed by atoms with E-state index in [4.69, 9.17) is 0 Å². The smallest absolute Gasteiger partial charge is 0.329 e. The summed E-state index contributed by atoms with van der Waals surface area (Å²) < 4.78 is 0. The van der Waals surface area contributed by atoms with Gasteiger partial charge in [0.2, 0.25) is 0 Å². The lowest BCUT2D eigenvalue weighted by Crippen LogP contribution is -2.54. The molecule has 21 heavy (non-hydrogen) atoms. The molecule has 1 aromatic rings. The van der Waals surface area contributed by atoms with Crippen molar-refractivity contribution in [1.82, 2.24) is 5.32 Å². The summed E-state index contributed by atoms with van der Waals surface area (Å²) in [5.74, 6) is -1.18. The molecule has 114 valence electrons. The van der Waals surface area contributed by atoms with E-state index in [-0.39, 0.29) is 5.91 Å². The van der Waals surface area contributed by atoms with E-state index in [1.165, 1.54) is 0 Å². The summed E-state index contributed by atoms with van der Waals surface area (Å²) >= 11 is 0. The number of aliphatic carboxylic acids is 1. The summed E-state index contributed by atoms with van der Waals surface area (Å²) in [4.78, 5) is 24.4. The van der Waals surface area contributed by atoms with Crippen LogP contribution in [0.3, 0.4) is 0 Å². The molecule has 0 spiro atoms. The molecule has 2 N–H and O–H groups in total. The second kappa shape index (κ2) is 6.29. The van der Waals surface area contributed by atoms with Crippen LogP contribution in [0, 0.1) is 13.8 Å². The fraction of sp³-hybridized carbons (Fsp3) is 0.529. The van der Waals surface area contributed by atoms with Crippen LogP contribution >= 0.6 is 0 Å². The van der Waals surface area contributed by atoms with Gasteiger partial charge in [-0.2, -0.15) is 0 Å². The van der Waals surface area contributed by atoms with Crippen LogP contribution in [0.5, 0.6) is 0 Å². The van der Waals surface area contributed by atoms with Gasteiger partial charge in [-0.15, -0.1) is 0 Å². The van der Waals surface area contributed by atoms with Gasteiger partial charge in [-0.05, 0) is 37.8 Å². The number of amides is 1. The number of aryl methyl sites for hydroxylation is 2. The number of carbonyl (C=O) groups is 2. The van der Waals surface area contributed by atoms with Gasteiger partial charge in [0, 0.05) is 5.56 Å². The normalized spacial score (nSPS) is 17.8. The van der Waals surface area contributed by atoms with Crippen molar-refractivity contribution < 1.29 is 14.7 Å². The van der Waals surface area contributed by atoms with Crippen LogP contribution in [0.4, 0.5) is 0 Å². The molecule has 0 saturated heterocycles. The average Bonchev–Trinajstić information content (AvgIpc) is 2.65. The van der Waals surface area contributed by atoms with Gasteiger partial charge in [-0.25, -0.2) is 4.79 Å². The maximum Gasteiger partial charge on any atom is 0.329 e. The summed E-state index contributed by atoms with van der Waals surface area (Å²) in [5, 5.41) is 12.5. The van der Waals surface area contributed by atoms with E-state index in [0.29, 0.717) is 18.4 Å². The number of carbonyl (C=O) groups excluding carboxylic acids is 1. The molecular formula is C17H23NO3. The van der Waals surface area contributed by atoms with E-state index in [1.54, 1.807) is 0 Å². The first-order valence-corrected chi connectivity index (χ1v) is 7.58. The first-order valence-electron chi connectivity index (χ1n) is 7.58. The fourth-order valence-electron chi connectivity index (χ4n) is 3.18. The monoisotopic (exact) mass is 289 g/mol. The molecule has 0 aliphatic heterocycles. The van der Waals surface area contributed by atoms with Gasteiger partial charge in [0.25, 0.3) is 5.91 Å². The van der Waals surface area contributed by atoms with Crippen molar-refractivity contribution in [2.24, 2.45) is 0 Å². The third-order valence-electron chi connectivity index (χ3n) is 4.43. The van der Waals surface area contributed by atoms with Crippen LogP contribution in [0.2, 0.25) is 0 Å². The lowest BCUT2D eigenvalue weighted by Gasteiger charge is -2.29. The van der Waals surface area contributed by atoms with E-state index < -0.39 is 11.5 Å². The van der Waals surface area contributed by atoms with Crippen molar-refractivity contribution in [2.45, 2.75) is 57.9 Å². The Balaban J connectivity index is 2.28. The molecular weight excluding hydrogens is 266 g/mol. The molecule has 1 fully saturated rings. The van der Waals surface area contributed by atoms with Crippen molar-refractivity contribution in [3.63, 3.8) is 0 Å². The largest absolute Gasteiger partial charge is 0.480 e. The molecule has 1 aromatic carbocycles. The van der Waals surface area contributed by atoms with Gasteiger partial charge in [0.1, 0.15) is 5.54 Å². The molecule has 2 rings (SSSR count). The summed E-state index contributed by atoms with van der Waals surface area (Å²) in [6.07, 6.45) is 4.79. The zero-order valence-electron chi connectivity index (χ0n) is 12.7. The Kier molecular flexibility index (Phi) is 4.66. The standard InChI is InChI=1S/C17H23NO3/c1-12-8-7-9-13(2)14(12)15(19)18-17(16(20)21)10-5-3-4-6-11-17/h7-9H,3-6,10-11H2,1-2H3,(H,18,19)(H,20,21). The molecule has 0 bridgehead atoms. The number of hydrogen-bond acceptors (Lipinski definition) is 2. The number of benzene rings is 1. The van der Waals surface area contributed by atoms with Crippen LogP contribution in [0.15, 0.2) is 18.2 Å². The maximum absolute atomic E-state index is 12.6. The quantitative estimate of drug-likeness (QED) is 0.840. The molecule has 0 heterocycles. The third-order valence-corrected chi connectivity index (χ3v) is 4.43. The summed E-state index contributed by atoms with van der Waals surface area (Å²) in [5.41, 5.74) is 1.24. The molecule has 4 heteroatoms. The third kappa shape index (κ3) is 3.26. The summed E-state index contributed by atoms with van der Waals surface area (Å²) in [6.45, 7) is 3.75. The Morgan fingerprint density at radius 1 is 1.05 bits per heavy atom. The van der Waals surface area contributed by atoms with Crippen molar-refractivity contribution in [3.8, 4) is 0 Å². The number of rotatable bonds is 3. The van der Waals surface area contributed by atoms with Gasteiger partial charge in [0.05, 0.1) is 0 Å². The Morgan fingerprint density at radius 2 is 1.57 bits per heavy atom. The summed E-state index contributed by atoms with van der Waals surface area (Å²) in [6, 6.07) is 5.66. The Morgan fingerprint density at radius 3 is 2.05 bits per heavy atom. The lowest BCUT2D eigenvalue weighted by atomic mass is 9.89. The SMILES string of the molecule is Cc1cccc(C)c1C(=O)NC1(C(=O)O)CCCCCC1. The van der Waals surface area contributed by atoms with Crippen molar-refractivity contribution in [2.75, 3.05) is 0 Å². The van der Waals surface area contributed by atoms with E-state index >= 15 is 0 Å². The number of nitrogens with one attached hydrogen (secondary N) is 1. The van der Waals surface area contributed by atoms with Crippen LogP contribution in [-0.4, -0.2) is 22.5 Å². The van der Waals surface area contributed by atoms with E-state index in [0.717, 1.165) is 36.8 Å². The zero-order chi connectivity index (χ0) is 15.5. The van der Waals surface area contributed by atoms with Gasteiger partial charge >= 0.3 is 5.97 Å². The Hall–Kier alpha value is -1.84.